The van der Waals surface area contributed by atoms with Crippen LogP contribution in [0.1, 0.15) is 35.5 Å². The fourth-order valence-corrected chi connectivity index (χ4v) is 4.40. The quantitative estimate of drug-likeness (QED) is 0.674. The van der Waals surface area contributed by atoms with Gasteiger partial charge in [-0.25, -0.2) is 4.98 Å². The van der Waals surface area contributed by atoms with Gasteiger partial charge in [-0.2, -0.15) is 4.98 Å². The standard InChI is InChI=1S/C18H22N4O2S/c1-23-10-8-16-20-17(24-21-16)12-22-9-4-5-13(11-22)18-19-14-6-2-3-7-15(14)25-18/h2-3,6-7,13H,4-5,8-12H2,1H3/t13-/m0/s1. The number of methoxy groups -OCH3 is 1. The molecule has 132 valence electrons. The Hall–Kier alpha value is -1.83. The molecule has 2 aromatic heterocycles. The van der Waals surface area contributed by atoms with Gasteiger partial charge in [0, 0.05) is 26.0 Å². The van der Waals surface area contributed by atoms with Gasteiger partial charge in [-0.05, 0) is 31.5 Å². The zero-order valence-electron chi connectivity index (χ0n) is 14.4. The Labute approximate surface area is 150 Å². The number of benzene rings is 1. The molecule has 4 rings (SSSR count). The van der Waals surface area contributed by atoms with E-state index in [-0.39, 0.29) is 0 Å². The molecular weight excluding hydrogens is 336 g/mol. The maximum absolute atomic E-state index is 5.38. The van der Waals surface area contributed by atoms with Crippen molar-refractivity contribution in [3.63, 3.8) is 0 Å². The van der Waals surface area contributed by atoms with E-state index in [9.17, 15) is 0 Å². The van der Waals surface area contributed by atoms with Crippen molar-refractivity contribution in [2.75, 3.05) is 26.8 Å². The van der Waals surface area contributed by atoms with E-state index in [1.807, 2.05) is 11.3 Å². The number of likely N-dealkylation sites (tertiary alicyclic amines) is 1. The predicted molar refractivity (Wildman–Crippen MR) is 96.8 cm³/mol. The highest BCUT2D eigenvalue weighted by atomic mass is 32.1. The Bertz CT molecular complexity index is 798. The van der Waals surface area contributed by atoms with Crippen LogP contribution in [-0.4, -0.2) is 46.8 Å². The summed E-state index contributed by atoms with van der Waals surface area (Å²) in [6, 6.07) is 8.37. The van der Waals surface area contributed by atoms with E-state index < -0.39 is 0 Å². The summed E-state index contributed by atoms with van der Waals surface area (Å²) in [5.41, 5.74) is 1.11. The van der Waals surface area contributed by atoms with E-state index in [2.05, 4.69) is 39.3 Å². The number of ether oxygens (including phenoxy) is 1. The SMILES string of the molecule is COCCc1noc(CN2CCC[C@H](c3nc4ccccc4s3)C2)n1. The Balaban J connectivity index is 1.41. The molecule has 1 aromatic carbocycles. The Kier molecular flexibility index (Phi) is 5.05. The van der Waals surface area contributed by atoms with E-state index in [1.54, 1.807) is 7.11 Å². The van der Waals surface area contributed by atoms with Crippen LogP contribution in [0.3, 0.4) is 0 Å². The lowest BCUT2D eigenvalue weighted by Crippen LogP contribution is -2.33. The molecule has 3 aromatic rings. The van der Waals surface area contributed by atoms with Gasteiger partial charge in [0.05, 0.1) is 28.4 Å². The molecule has 1 saturated heterocycles. The minimum absolute atomic E-state index is 0.488. The normalized spacial score (nSPS) is 18.8. The molecule has 0 unspecified atom stereocenters. The largest absolute Gasteiger partial charge is 0.384 e. The summed E-state index contributed by atoms with van der Waals surface area (Å²) >= 11 is 1.82. The lowest BCUT2D eigenvalue weighted by molar-refractivity contribution is 0.177. The summed E-state index contributed by atoms with van der Waals surface area (Å²) in [5.74, 6) is 1.90. The van der Waals surface area contributed by atoms with E-state index >= 15 is 0 Å². The average molecular weight is 358 g/mol. The monoisotopic (exact) mass is 358 g/mol. The van der Waals surface area contributed by atoms with Gasteiger partial charge in [-0.1, -0.05) is 17.3 Å². The molecule has 1 aliphatic rings. The van der Waals surface area contributed by atoms with Gasteiger partial charge in [0.1, 0.15) is 0 Å². The number of nitrogens with zero attached hydrogens (tertiary/aromatic N) is 4. The van der Waals surface area contributed by atoms with Crippen LogP contribution in [0.5, 0.6) is 0 Å². The lowest BCUT2D eigenvalue weighted by atomic mass is 9.99. The van der Waals surface area contributed by atoms with Gasteiger partial charge in [-0.15, -0.1) is 11.3 Å². The van der Waals surface area contributed by atoms with E-state index in [0.717, 1.165) is 24.4 Å². The zero-order valence-corrected chi connectivity index (χ0v) is 15.2. The number of rotatable bonds is 6. The first-order valence-corrected chi connectivity index (χ1v) is 9.51. The molecule has 0 N–H and O–H groups in total. The van der Waals surface area contributed by atoms with Crippen molar-refractivity contribution < 1.29 is 9.26 Å². The highest BCUT2D eigenvalue weighted by Crippen LogP contribution is 2.33. The second-order valence-corrected chi connectivity index (χ2v) is 7.50. The topological polar surface area (TPSA) is 64.3 Å². The third-order valence-electron chi connectivity index (χ3n) is 4.56. The maximum Gasteiger partial charge on any atom is 0.240 e. The van der Waals surface area contributed by atoms with Gasteiger partial charge in [-0.3, -0.25) is 4.90 Å². The van der Waals surface area contributed by atoms with Crippen molar-refractivity contribution in [3.8, 4) is 0 Å². The first-order chi connectivity index (χ1) is 12.3. The number of thiazole rings is 1. The lowest BCUT2D eigenvalue weighted by Gasteiger charge is -2.30. The Morgan fingerprint density at radius 3 is 3.12 bits per heavy atom. The fraction of sp³-hybridized carbons (Fsp3) is 0.500. The Morgan fingerprint density at radius 2 is 2.24 bits per heavy atom. The fourth-order valence-electron chi connectivity index (χ4n) is 3.31. The van der Waals surface area contributed by atoms with Gasteiger partial charge in [0.2, 0.25) is 5.89 Å². The Morgan fingerprint density at radius 1 is 1.32 bits per heavy atom. The third kappa shape index (κ3) is 3.89. The first-order valence-electron chi connectivity index (χ1n) is 8.70. The summed E-state index contributed by atoms with van der Waals surface area (Å²) in [6.45, 7) is 3.39. The molecule has 1 atom stereocenters. The number of hydrogen-bond acceptors (Lipinski definition) is 7. The maximum atomic E-state index is 5.38. The van der Waals surface area contributed by atoms with Crippen LogP contribution in [0.25, 0.3) is 10.2 Å². The number of hydrogen-bond donors (Lipinski definition) is 0. The van der Waals surface area contributed by atoms with Crippen molar-refractivity contribution in [1.82, 2.24) is 20.0 Å². The van der Waals surface area contributed by atoms with Crippen LogP contribution < -0.4 is 0 Å². The van der Waals surface area contributed by atoms with Crippen LogP contribution >= 0.6 is 11.3 Å². The molecule has 0 spiro atoms. The summed E-state index contributed by atoms with van der Waals surface area (Å²) in [5, 5.41) is 5.27. The van der Waals surface area contributed by atoms with Crippen molar-refractivity contribution in [1.29, 1.82) is 0 Å². The molecule has 0 bridgehead atoms. The summed E-state index contributed by atoms with van der Waals surface area (Å²) in [6.07, 6.45) is 3.05. The molecular formula is C18H22N4O2S. The second-order valence-electron chi connectivity index (χ2n) is 6.44. The molecule has 1 aliphatic heterocycles. The van der Waals surface area contributed by atoms with Crippen LogP contribution in [0.4, 0.5) is 0 Å². The second kappa shape index (κ2) is 7.59. The summed E-state index contributed by atoms with van der Waals surface area (Å²) in [4.78, 5) is 11.7. The van der Waals surface area contributed by atoms with E-state index in [0.29, 0.717) is 31.4 Å². The highest BCUT2D eigenvalue weighted by molar-refractivity contribution is 7.18. The summed E-state index contributed by atoms with van der Waals surface area (Å²) < 4.78 is 11.7. The van der Waals surface area contributed by atoms with Crippen LogP contribution in [0.15, 0.2) is 28.8 Å². The van der Waals surface area contributed by atoms with Crippen molar-refractivity contribution >= 4 is 21.6 Å². The molecule has 7 heteroatoms. The highest BCUT2D eigenvalue weighted by Gasteiger charge is 2.25. The van der Waals surface area contributed by atoms with Gasteiger partial charge < -0.3 is 9.26 Å². The molecule has 0 aliphatic carbocycles. The van der Waals surface area contributed by atoms with E-state index in [1.165, 1.54) is 22.5 Å². The van der Waals surface area contributed by atoms with Crippen molar-refractivity contribution in [3.05, 3.63) is 41.0 Å². The van der Waals surface area contributed by atoms with Crippen molar-refractivity contribution in [2.24, 2.45) is 0 Å². The van der Waals surface area contributed by atoms with Gasteiger partial charge in [0.15, 0.2) is 5.82 Å². The van der Waals surface area contributed by atoms with Gasteiger partial charge in [0.25, 0.3) is 0 Å². The molecule has 0 amide bonds. The minimum Gasteiger partial charge on any atom is -0.384 e. The van der Waals surface area contributed by atoms with E-state index in [4.69, 9.17) is 14.2 Å². The molecule has 6 nitrogen and oxygen atoms in total. The number of aromatic nitrogens is 3. The predicted octanol–water partition coefficient (Wildman–Crippen LogP) is 3.25. The van der Waals surface area contributed by atoms with Crippen LogP contribution in [0, 0.1) is 0 Å². The molecule has 25 heavy (non-hydrogen) atoms. The average Bonchev–Trinajstić information content (AvgIpc) is 3.27. The summed E-state index contributed by atoms with van der Waals surface area (Å²) in [7, 11) is 1.68. The zero-order chi connectivity index (χ0) is 17.1. The first kappa shape index (κ1) is 16.6. The van der Waals surface area contributed by atoms with Crippen LogP contribution in [0.2, 0.25) is 0 Å². The molecule has 0 radical (unpaired) electrons. The van der Waals surface area contributed by atoms with Crippen LogP contribution in [-0.2, 0) is 17.7 Å². The number of piperidine rings is 1. The minimum atomic E-state index is 0.488. The smallest absolute Gasteiger partial charge is 0.240 e. The van der Waals surface area contributed by atoms with Crippen molar-refractivity contribution in [2.45, 2.75) is 31.7 Å². The number of fused-ring (bicyclic) bond motifs is 1. The molecule has 0 saturated carbocycles. The molecule has 3 heterocycles. The molecule has 1 fully saturated rings. The third-order valence-corrected chi connectivity index (χ3v) is 5.76. The number of para-hydroxylation sites is 1. The van der Waals surface area contributed by atoms with Gasteiger partial charge >= 0.3 is 0 Å².